The molecule has 0 aliphatic carbocycles. The predicted octanol–water partition coefficient (Wildman–Crippen LogP) is 5.60. The van der Waals surface area contributed by atoms with Crippen LogP contribution in [0, 0.1) is 20.8 Å². The van der Waals surface area contributed by atoms with E-state index in [1.54, 1.807) is 7.11 Å². The average Bonchev–Trinajstić information content (AvgIpc) is 2.40. The summed E-state index contributed by atoms with van der Waals surface area (Å²) in [5.41, 5.74) is 5.43. The third kappa shape index (κ3) is 2.94. The van der Waals surface area contributed by atoms with Crippen molar-refractivity contribution in [1.29, 1.82) is 0 Å². The smallest absolute Gasteiger partial charge is 0.124 e. The molecule has 2 aromatic carbocycles. The summed E-state index contributed by atoms with van der Waals surface area (Å²) in [6.07, 6.45) is 0. The van der Waals surface area contributed by atoms with Crippen molar-refractivity contribution in [3.63, 3.8) is 0 Å². The summed E-state index contributed by atoms with van der Waals surface area (Å²) in [7, 11) is 1.69. The second kappa shape index (κ2) is 6.07. The molecule has 1 nitrogen and oxygen atoms in total. The lowest BCUT2D eigenvalue weighted by atomic mass is 9.97. The number of rotatable bonds is 3. The van der Waals surface area contributed by atoms with Gasteiger partial charge in [0.25, 0.3) is 0 Å². The minimum absolute atomic E-state index is 0.211. The molecule has 0 fully saturated rings. The Bertz CT molecular complexity index is 612. The molecule has 1 unspecified atom stereocenters. The van der Waals surface area contributed by atoms with Crippen LogP contribution < -0.4 is 4.74 Å². The van der Waals surface area contributed by atoms with Crippen LogP contribution in [-0.4, -0.2) is 7.11 Å². The zero-order valence-electron chi connectivity index (χ0n) is 12.1. The molecule has 0 bridgehead atoms. The van der Waals surface area contributed by atoms with Crippen LogP contribution in [0.4, 0.5) is 0 Å². The lowest BCUT2D eigenvalue weighted by Crippen LogP contribution is -2.00. The number of hydrogen-bond acceptors (Lipinski definition) is 1. The SMILES string of the molecule is COc1c(C)cc(C(Cl)c2cc(Cl)ccc2C)cc1C. The lowest BCUT2D eigenvalue weighted by molar-refractivity contribution is 0.408. The first-order chi connectivity index (χ1) is 9.43. The van der Waals surface area contributed by atoms with Gasteiger partial charge in [0, 0.05) is 5.02 Å². The zero-order chi connectivity index (χ0) is 14.9. The van der Waals surface area contributed by atoms with Gasteiger partial charge >= 0.3 is 0 Å². The van der Waals surface area contributed by atoms with Gasteiger partial charge in [-0.15, -0.1) is 11.6 Å². The quantitative estimate of drug-likeness (QED) is 0.670. The number of benzene rings is 2. The molecule has 106 valence electrons. The van der Waals surface area contributed by atoms with Gasteiger partial charge in [-0.3, -0.25) is 0 Å². The van der Waals surface area contributed by atoms with Gasteiger partial charge in [-0.05, 0) is 60.7 Å². The number of halogens is 2. The monoisotopic (exact) mass is 308 g/mol. The summed E-state index contributed by atoms with van der Waals surface area (Å²) in [5, 5.41) is 0.496. The summed E-state index contributed by atoms with van der Waals surface area (Å²) < 4.78 is 5.39. The van der Waals surface area contributed by atoms with Crippen LogP contribution in [0.1, 0.15) is 33.2 Å². The highest BCUT2D eigenvalue weighted by Gasteiger charge is 2.16. The fourth-order valence-corrected chi connectivity index (χ4v) is 3.06. The summed E-state index contributed by atoms with van der Waals surface area (Å²) in [5.74, 6) is 0.917. The fourth-order valence-electron chi connectivity index (χ4n) is 2.52. The Morgan fingerprint density at radius 1 is 0.950 bits per heavy atom. The predicted molar refractivity (Wildman–Crippen MR) is 86.4 cm³/mol. The van der Waals surface area contributed by atoms with E-state index in [-0.39, 0.29) is 5.38 Å². The van der Waals surface area contributed by atoms with Crippen molar-refractivity contribution in [1.82, 2.24) is 0 Å². The van der Waals surface area contributed by atoms with Crippen molar-refractivity contribution < 1.29 is 4.74 Å². The number of ether oxygens (including phenoxy) is 1. The topological polar surface area (TPSA) is 9.23 Å². The molecule has 1 atom stereocenters. The van der Waals surface area contributed by atoms with Crippen LogP contribution in [-0.2, 0) is 0 Å². The number of methoxy groups -OCH3 is 1. The highest BCUT2D eigenvalue weighted by Crippen LogP contribution is 2.36. The Hall–Kier alpha value is -1.18. The van der Waals surface area contributed by atoms with Crippen LogP contribution in [0.25, 0.3) is 0 Å². The Labute approximate surface area is 130 Å². The molecule has 0 saturated carbocycles. The largest absolute Gasteiger partial charge is 0.496 e. The molecule has 0 amide bonds. The first-order valence-corrected chi connectivity index (χ1v) is 7.30. The second-order valence-electron chi connectivity index (χ2n) is 5.05. The highest BCUT2D eigenvalue weighted by atomic mass is 35.5. The maximum Gasteiger partial charge on any atom is 0.124 e. The third-order valence-electron chi connectivity index (χ3n) is 3.49. The van der Waals surface area contributed by atoms with Crippen molar-refractivity contribution in [2.75, 3.05) is 7.11 Å². The molecule has 0 aliphatic heterocycles. The molecule has 0 spiro atoms. The van der Waals surface area contributed by atoms with E-state index in [2.05, 4.69) is 12.1 Å². The van der Waals surface area contributed by atoms with Gasteiger partial charge in [-0.1, -0.05) is 29.8 Å². The Kier molecular flexibility index (Phi) is 4.62. The van der Waals surface area contributed by atoms with Crippen molar-refractivity contribution in [2.24, 2.45) is 0 Å². The van der Waals surface area contributed by atoms with Gasteiger partial charge in [0.15, 0.2) is 0 Å². The van der Waals surface area contributed by atoms with E-state index < -0.39 is 0 Å². The molecule has 2 aromatic rings. The van der Waals surface area contributed by atoms with Crippen molar-refractivity contribution in [3.8, 4) is 5.75 Å². The van der Waals surface area contributed by atoms with Crippen molar-refractivity contribution >= 4 is 23.2 Å². The maximum absolute atomic E-state index is 6.65. The van der Waals surface area contributed by atoms with Gasteiger partial charge in [-0.25, -0.2) is 0 Å². The van der Waals surface area contributed by atoms with Crippen LogP contribution in [0.5, 0.6) is 5.75 Å². The van der Waals surface area contributed by atoms with E-state index in [0.29, 0.717) is 5.02 Å². The Morgan fingerprint density at radius 2 is 1.55 bits per heavy atom. The molecule has 3 heteroatoms. The van der Waals surface area contributed by atoms with Gasteiger partial charge in [0.1, 0.15) is 5.75 Å². The van der Waals surface area contributed by atoms with Crippen LogP contribution in [0.3, 0.4) is 0 Å². The average molecular weight is 309 g/mol. The van der Waals surface area contributed by atoms with Crippen LogP contribution >= 0.6 is 23.2 Å². The standard InChI is InChI=1S/C17H18Cl2O/c1-10-5-6-14(18)9-15(10)16(19)13-7-11(2)17(20-4)12(3)8-13/h5-9,16H,1-4H3. The second-order valence-corrected chi connectivity index (χ2v) is 5.92. The molecular formula is C17H18Cl2O. The van der Waals surface area contributed by atoms with Gasteiger partial charge in [-0.2, -0.15) is 0 Å². The molecule has 0 saturated heterocycles. The lowest BCUT2D eigenvalue weighted by Gasteiger charge is -2.17. The summed E-state index contributed by atoms with van der Waals surface area (Å²) in [6, 6.07) is 9.96. The molecule has 0 heterocycles. The van der Waals surface area contributed by atoms with E-state index in [1.807, 2.05) is 39.0 Å². The molecule has 0 aliphatic rings. The summed E-state index contributed by atoms with van der Waals surface area (Å²) in [6.45, 7) is 6.11. The van der Waals surface area contributed by atoms with E-state index in [0.717, 1.165) is 33.6 Å². The highest BCUT2D eigenvalue weighted by molar-refractivity contribution is 6.31. The van der Waals surface area contributed by atoms with E-state index in [1.165, 1.54) is 0 Å². The maximum atomic E-state index is 6.65. The minimum atomic E-state index is -0.211. The van der Waals surface area contributed by atoms with E-state index in [4.69, 9.17) is 27.9 Å². The first-order valence-electron chi connectivity index (χ1n) is 6.49. The minimum Gasteiger partial charge on any atom is -0.496 e. The molecule has 20 heavy (non-hydrogen) atoms. The summed E-state index contributed by atoms with van der Waals surface area (Å²) in [4.78, 5) is 0. The van der Waals surface area contributed by atoms with Crippen LogP contribution in [0.15, 0.2) is 30.3 Å². The van der Waals surface area contributed by atoms with Crippen LogP contribution in [0.2, 0.25) is 5.02 Å². The molecule has 0 radical (unpaired) electrons. The molecule has 2 rings (SSSR count). The fraction of sp³-hybridized carbons (Fsp3) is 0.294. The van der Waals surface area contributed by atoms with Gasteiger partial charge in [0.2, 0.25) is 0 Å². The zero-order valence-corrected chi connectivity index (χ0v) is 13.6. The molecule has 0 aromatic heterocycles. The molecular weight excluding hydrogens is 291 g/mol. The van der Waals surface area contributed by atoms with Gasteiger partial charge < -0.3 is 4.74 Å². The first kappa shape index (κ1) is 15.2. The molecule has 0 N–H and O–H groups in total. The van der Waals surface area contributed by atoms with Gasteiger partial charge in [0.05, 0.1) is 12.5 Å². The number of hydrogen-bond donors (Lipinski definition) is 0. The Balaban J connectivity index is 2.48. The number of aryl methyl sites for hydroxylation is 3. The van der Waals surface area contributed by atoms with Crippen molar-refractivity contribution in [2.45, 2.75) is 26.1 Å². The van der Waals surface area contributed by atoms with E-state index >= 15 is 0 Å². The number of alkyl halides is 1. The normalized spacial score (nSPS) is 12.3. The third-order valence-corrected chi connectivity index (χ3v) is 4.22. The van der Waals surface area contributed by atoms with E-state index in [9.17, 15) is 0 Å². The Morgan fingerprint density at radius 3 is 2.10 bits per heavy atom. The summed E-state index contributed by atoms with van der Waals surface area (Å²) >= 11 is 12.7. The van der Waals surface area contributed by atoms with Crippen molar-refractivity contribution in [3.05, 3.63) is 63.2 Å².